The van der Waals surface area contributed by atoms with Crippen LogP contribution < -0.4 is 11.1 Å². The molecule has 3 N–H and O–H groups in total. The molecule has 0 bridgehead atoms. The second-order valence-electron chi connectivity index (χ2n) is 3.22. The van der Waals surface area contributed by atoms with Crippen LogP contribution in [0.1, 0.15) is 10.4 Å². The van der Waals surface area contributed by atoms with E-state index in [0.717, 1.165) is 0 Å². The van der Waals surface area contributed by atoms with Crippen molar-refractivity contribution in [2.45, 2.75) is 0 Å². The van der Waals surface area contributed by atoms with Gasteiger partial charge in [-0.25, -0.2) is 0 Å². The van der Waals surface area contributed by atoms with Gasteiger partial charge in [-0.05, 0) is 12.1 Å². The van der Waals surface area contributed by atoms with Crippen LogP contribution in [0.3, 0.4) is 0 Å². The van der Waals surface area contributed by atoms with Crippen molar-refractivity contribution in [1.82, 2.24) is 4.98 Å². The number of hydrogen-bond acceptors (Lipinski definition) is 3. The van der Waals surface area contributed by atoms with E-state index >= 15 is 0 Å². The first-order valence-electron chi connectivity index (χ1n) is 4.75. The van der Waals surface area contributed by atoms with Gasteiger partial charge in [-0.1, -0.05) is 30.1 Å². The van der Waals surface area contributed by atoms with Crippen molar-refractivity contribution in [1.29, 1.82) is 0 Å². The third-order valence-electron chi connectivity index (χ3n) is 2.09. The minimum Gasteiger partial charge on any atom is -0.397 e. The molecule has 0 unspecified atom stereocenters. The van der Waals surface area contributed by atoms with Crippen molar-refractivity contribution < 1.29 is 25.9 Å². The molecule has 1 amide bonds. The van der Waals surface area contributed by atoms with Crippen molar-refractivity contribution in [3.05, 3.63) is 54.4 Å². The molecule has 5 heteroatoms. The fraction of sp³-hybridized carbons (Fsp3) is 0. The minimum absolute atomic E-state index is 0. The number of amides is 1. The molecule has 1 aromatic heterocycles. The summed E-state index contributed by atoms with van der Waals surface area (Å²) in [6.45, 7) is 0. The largest absolute Gasteiger partial charge is 2.00 e. The van der Waals surface area contributed by atoms with Crippen LogP contribution in [-0.2, 0) is 21.1 Å². The minimum atomic E-state index is -0.237. The Morgan fingerprint density at radius 1 is 1.29 bits per heavy atom. The zero-order valence-corrected chi connectivity index (χ0v) is 11.8. The van der Waals surface area contributed by atoms with Crippen LogP contribution in [0, 0.1) is 6.20 Å². The summed E-state index contributed by atoms with van der Waals surface area (Å²) < 4.78 is 0. The third kappa shape index (κ3) is 3.39. The number of benzene rings is 1. The van der Waals surface area contributed by atoms with Gasteiger partial charge in [0.2, 0.25) is 5.91 Å². The van der Waals surface area contributed by atoms with Crippen molar-refractivity contribution in [3.63, 3.8) is 0 Å². The van der Waals surface area contributed by atoms with Crippen LogP contribution in [0.2, 0.25) is 0 Å². The molecule has 0 spiro atoms. The number of carbonyl (C=O) groups is 1. The Labute approximate surface area is 114 Å². The van der Waals surface area contributed by atoms with E-state index in [2.05, 4.69) is 16.5 Å². The molecule has 0 aliphatic carbocycles. The number of para-hydroxylation sites is 2. The first-order chi connectivity index (χ1) is 7.77. The number of hydrogen-bond donors (Lipinski definition) is 2. The summed E-state index contributed by atoms with van der Waals surface area (Å²) in [6.07, 6.45) is 4.06. The third-order valence-corrected chi connectivity index (χ3v) is 2.09. The van der Waals surface area contributed by atoms with Gasteiger partial charge in [-0.15, -0.1) is 0 Å². The Hall–Kier alpha value is -1.67. The maximum Gasteiger partial charge on any atom is 2.00 e. The molecule has 4 nitrogen and oxygen atoms in total. The number of rotatable bonds is 2. The van der Waals surface area contributed by atoms with Gasteiger partial charge < -0.3 is 16.0 Å². The fourth-order valence-electron chi connectivity index (χ4n) is 1.26. The molecule has 1 heterocycles. The molecule has 0 saturated carbocycles. The van der Waals surface area contributed by atoms with Crippen LogP contribution in [0.5, 0.6) is 0 Å². The molecule has 2 rings (SSSR count). The zero-order valence-electron chi connectivity index (χ0n) is 8.88. The van der Waals surface area contributed by atoms with E-state index in [-0.39, 0.29) is 27.0 Å². The van der Waals surface area contributed by atoms with Gasteiger partial charge in [-0.2, -0.15) is 12.1 Å². The van der Waals surface area contributed by atoms with E-state index in [1.165, 1.54) is 6.20 Å². The summed E-state index contributed by atoms with van der Waals surface area (Å²) in [5, 5.41) is 2.71. The topological polar surface area (TPSA) is 68.0 Å². The standard InChI is InChI=1S/C12H10N3O.W/c13-10-5-1-2-6-11(10)15-12(16)9-4-3-7-14-8-9;/h1-6,8H,13H2,(H,15,16);/q-1;+2. The van der Waals surface area contributed by atoms with Crippen molar-refractivity contribution in [3.8, 4) is 0 Å². The van der Waals surface area contributed by atoms with Gasteiger partial charge in [-0.3, -0.25) is 4.79 Å². The van der Waals surface area contributed by atoms with E-state index in [1.807, 2.05) is 12.1 Å². The summed E-state index contributed by atoms with van der Waals surface area (Å²) in [7, 11) is 0. The number of aromatic nitrogens is 1. The van der Waals surface area contributed by atoms with Crippen LogP contribution in [0.4, 0.5) is 11.4 Å². The summed E-state index contributed by atoms with van der Waals surface area (Å²) >= 11 is 0. The Bertz CT molecular complexity index is 502. The number of nitrogens with two attached hydrogens (primary N) is 1. The molecule has 0 fully saturated rings. The Kier molecular flexibility index (Phi) is 4.85. The molecule has 0 atom stereocenters. The van der Waals surface area contributed by atoms with E-state index in [1.54, 1.807) is 24.3 Å². The van der Waals surface area contributed by atoms with Gasteiger partial charge >= 0.3 is 21.1 Å². The maximum absolute atomic E-state index is 11.7. The molecular formula is C12H10N3OW+. The zero-order chi connectivity index (χ0) is 11.4. The molecule has 0 saturated heterocycles. The molecule has 84 valence electrons. The van der Waals surface area contributed by atoms with Crippen LogP contribution in [-0.4, -0.2) is 10.9 Å². The van der Waals surface area contributed by atoms with Gasteiger partial charge in [0.1, 0.15) is 0 Å². The Morgan fingerprint density at radius 3 is 2.71 bits per heavy atom. The number of nitrogens with one attached hydrogen (secondary N) is 1. The predicted molar refractivity (Wildman–Crippen MR) is 61.9 cm³/mol. The molecule has 0 aliphatic heterocycles. The fourth-order valence-corrected chi connectivity index (χ4v) is 1.26. The predicted octanol–water partition coefficient (Wildman–Crippen LogP) is 1.71. The van der Waals surface area contributed by atoms with Gasteiger partial charge in [0.05, 0.1) is 11.4 Å². The second kappa shape index (κ2) is 6.16. The quantitative estimate of drug-likeness (QED) is 0.600. The number of carbonyl (C=O) groups excluding carboxylic acids is 1. The van der Waals surface area contributed by atoms with E-state index < -0.39 is 0 Å². The maximum atomic E-state index is 11.7. The van der Waals surface area contributed by atoms with E-state index in [9.17, 15) is 4.79 Å². The average molecular weight is 396 g/mol. The molecule has 17 heavy (non-hydrogen) atoms. The number of nitrogen functional groups attached to an aromatic ring is 1. The molecule has 0 radical (unpaired) electrons. The number of anilines is 2. The molecule has 0 aliphatic rings. The summed E-state index contributed by atoms with van der Waals surface area (Å²) in [6, 6.07) is 10.3. The Morgan fingerprint density at radius 2 is 2.06 bits per heavy atom. The van der Waals surface area contributed by atoms with E-state index in [0.29, 0.717) is 16.9 Å². The average Bonchev–Trinajstić information content (AvgIpc) is 2.33. The monoisotopic (exact) mass is 396 g/mol. The Balaban J connectivity index is 0.00000144. The first kappa shape index (κ1) is 13.4. The van der Waals surface area contributed by atoms with Gasteiger partial charge in [0.15, 0.2) is 0 Å². The van der Waals surface area contributed by atoms with Crippen molar-refractivity contribution in [2.24, 2.45) is 0 Å². The van der Waals surface area contributed by atoms with Gasteiger partial charge in [0.25, 0.3) is 0 Å². The molecule has 2 aromatic rings. The molecular weight excluding hydrogens is 386 g/mol. The summed E-state index contributed by atoms with van der Waals surface area (Å²) in [5.74, 6) is -0.237. The van der Waals surface area contributed by atoms with E-state index in [4.69, 9.17) is 5.73 Å². The number of nitrogens with zero attached hydrogens (tertiary/aromatic N) is 1. The summed E-state index contributed by atoms with van der Waals surface area (Å²) in [5.41, 5.74) is 7.32. The van der Waals surface area contributed by atoms with Gasteiger partial charge in [0, 0.05) is 0 Å². The van der Waals surface area contributed by atoms with Crippen molar-refractivity contribution >= 4 is 17.3 Å². The second-order valence-corrected chi connectivity index (χ2v) is 3.22. The van der Waals surface area contributed by atoms with Crippen LogP contribution >= 0.6 is 0 Å². The smallest absolute Gasteiger partial charge is 0.397 e. The molecule has 1 aromatic carbocycles. The normalized spacial score (nSPS) is 9.18. The SMILES string of the molecule is Nc1ccccc1NC(=O)c1cc[c-]nc1.[W+2]. The number of pyridine rings is 1. The summed E-state index contributed by atoms with van der Waals surface area (Å²) in [4.78, 5) is 15.5. The van der Waals surface area contributed by atoms with Crippen LogP contribution in [0.15, 0.2) is 42.6 Å². The first-order valence-corrected chi connectivity index (χ1v) is 4.75. The van der Waals surface area contributed by atoms with Crippen molar-refractivity contribution in [2.75, 3.05) is 11.1 Å². The van der Waals surface area contributed by atoms with Crippen LogP contribution in [0.25, 0.3) is 0 Å².